The molecule has 0 radical (unpaired) electrons. The van der Waals surface area contributed by atoms with Crippen molar-refractivity contribution in [1.29, 1.82) is 0 Å². The normalized spacial score (nSPS) is 18.4. The number of hydrogen-bond donors (Lipinski definition) is 1. The highest BCUT2D eigenvalue weighted by Gasteiger charge is 2.48. The molecule has 0 saturated carbocycles. The minimum atomic E-state index is -0.793. The first-order valence-electron chi connectivity index (χ1n) is 8.92. The molecule has 1 aromatic heterocycles. The number of amides is 1. The number of carbonyl (C=O) groups excluding carboxylic acids is 2. The summed E-state index contributed by atoms with van der Waals surface area (Å²) in [5.74, 6) is -1.64. The van der Waals surface area contributed by atoms with Gasteiger partial charge in [-0.25, -0.2) is 4.98 Å². The number of ketones is 1. The van der Waals surface area contributed by atoms with E-state index < -0.39 is 17.7 Å². The molecule has 4 rings (SSSR count). The number of aromatic nitrogens is 1. The van der Waals surface area contributed by atoms with Crippen molar-refractivity contribution in [3.8, 4) is 0 Å². The van der Waals surface area contributed by atoms with Crippen molar-refractivity contribution < 1.29 is 14.7 Å². The van der Waals surface area contributed by atoms with Crippen LogP contribution in [0.2, 0.25) is 5.02 Å². The van der Waals surface area contributed by atoms with E-state index in [9.17, 15) is 14.7 Å². The minimum absolute atomic E-state index is 0.0428. The second kappa shape index (κ2) is 7.46. The average Bonchev–Trinajstić information content (AvgIpc) is 3.31. The number of aryl methyl sites for hydroxylation is 2. The number of hydrogen-bond acceptors (Lipinski definition) is 5. The Labute approximate surface area is 176 Å². The summed E-state index contributed by atoms with van der Waals surface area (Å²) in [5, 5.41) is 13.8. The molecule has 1 N–H and O–H groups in total. The first-order valence-corrected chi connectivity index (χ1v) is 10.2. The first-order chi connectivity index (χ1) is 13.9. The van der Waals surface area contributed by atoms with Crippen LogP contribution in [0.5, 0.6) is 0 Å². The van der Waals surface area contributed by atoms with Gasteiger partial charge in [0.25, 0.3) is 5.78 Å². The SMILES string of the molecule is Cc1ccc(C)c(C(O)=C2C(=O)C(=O)N(c3nccs3)C2c2ccc(Cl)cc2)c1. The van der Waals surface area contributed by atoms with Crippen LogP contribution in [0.25, 0.3) is 5.76 Å². The molecule has 1 atom stereocenters. The molecule has 146 valence electrons. The zero-order valence-electron chi connectivity index (χ0n) is 15.7. The van der Waals surface area contributed by atoms with Gasteiger partial charge in [0.15, 0.2) is 5.13 Å². The highest BCUT2D eigenvalue weighted by Crippen LogP contribution is 2.43. The molecule has 1 unspecified atom stereocenters. The van der Waals surface area contributed by atoms with E-state index in [1.165, 1.54) is 16.2 Å². The second-order valence-corrected chi connectivity index (χ2v) is 8.16. The monoisotopic (exact) mass is 424 g/mol. The fourth-order valence-electron chi connectivity index (χ4n) is 3.46. The van der Waals surface area contributed by atoms with Crippen molar-refractivity contribution in [3.63, 3.8) is 0 Å². The summed E-state index contributed by atoms with van der Waals surface area (Å²) in [6, 6.07) is 11.7. The maximum absolute atomic E-state index is 13.0. The Morgan fingerprint density at radius 2 is 1.86 bits per heavy atom. The molecule has 29 heavy (non-hydrogen) atoms. The molecule has 2 aromatic carbocycles. The highest BCUT2D eigenvalue weighted by atomic mass is 35.5. The fraction of sp³-hybridized carbons (Fsp3) is 0.136. The average molecular weight is 425 g/mol. The van der Waals surface area contributed by atoms with Crippen LogP contribution >= 0.6 is 22.9 Å². The van der Waals surface area contributed by atoms with E-state index in [-0.39, 0.29) is 11.3 Å². The lowest BCUT2D eigenvalue weighted by Crippen LogP contribution is -2.29. The topological polar surface area (TPSA) is 70.5 Å². The Bertz CT molecular complexity index is 1140. The van der Waals surface area contributed by atoms with Gasteiger partial charge in [0.1, 0.15) is 5.76 Å². The zero-order valence-corrected chi connectivity index (χ0v) is 17.3. The van der Waals surface area contributed by atoms with Gasteiger partial charge < -0.3 is 5.11 Å². The first kappa shape index (κ1) is 19.4. The molecule has 3 aromatic rings. The maximum Gasteiger partial charge on any atom is 0.301 e. The number of benzene rings is 2. The Kier molecular flexibility index (Phi) is 4.98. The molecule has 2 heterocycles. The molecule has 5 nitrogen and oxygen atoms in total. The van der Waals surface area contributed by atoms with Gasteiger partial charge in [0.05, 0.1) is 11.6 Å². The number of Topliss-reactive ketones (excluding diaryl/α,β-unsaturated/α-hetero) is 1. The molecule has 0 aliphatic carbocycles. The molecule has 1 amide bonds. The van der Waals surface area contributed by atoms with Crippen LogP contribution in [0.15, 0.2) is 59.6 Å². The summed E-state index contributed by atoms with van der Waals surface area (Å²) in [4.78, 5) is 31.5. The van der Waals surface area contributed by atoms with Crippen LogP contribution in [0, 0.1) is 13.8 Å². The summed E-state index contributed by atoms with van der Waals surface area (Å²) >= 11 is 7.28. The molecule has 1 aliphatic heterocycles. The van der Waals surface area contributed by atoms with Crippen molar-refractivity contribution in [3.05, 3.63) is 86.9 Å². The third kappa shape index (κ3) is 3.34. The number of halogens is 1. The Morgan fingerprint density at radius 1 is 1.14 bits per heavy atom. The van der Waals surface area contributed by atoms with Crippen molar-refractivity contribution >= 4 is 45.5 Å². The standard InChI is InChI=1S/C22H17ClN2O3S/c1-12-3-4-13(2)16(11-12)19(26)17-18(14-5-7-15(23)8-6-14)25(21(28)20(17)27)22-24-9-10-29-22/h3-11,18,26H,1-2H3. The number of rotatable bonds is 3. The van der Waals surface area contributed by atoms with Gasteiger partial charge in [0.2, 0.25) is 0 Å². The maximum atomic E-state index is 13.0. The fourth-order valence-corrected chi connectivity index (χ4v) is 4.25. The van der Waals surface area contributed by atoms with Crippen LogP contribution in [0.1, 0.15) is 28.3 Å². The van der Waals surface area contributed by atoms with Crippen LogP contribution in [-0.4, -0.2) is 21.8 Å². The van der Waals surface area contributed by atoms with Crippen LogP contribution in [0.4, 0.5) is 5.13 Å². The van der Waals surface area contributed by atoms with E-state index in [1.54, 1.807) is 41.9 Å². The van der Waals surface area contributed by atoms with Gasteiger partial charge in [-0.05, 0) is 43.2 Å². The molecule has 1 aliphatic rings. The van der Waals surface area contributed by atoms with Crippen molar-refractivity contribution in [1.82, 2.24) is 4.98 Å². The quantitative estimate of drug-likeness (QED) is 0.363. The Hall–Kier alpha value is -2.96. The predicted octanol–water partition coefficient (Wildman–Crippen LogP) is 5.04. The van der Waals surface area contributed by atoms with E-state index >= 15 is 0 Å². The van der Waals surface area contributed by atoms with Gasteiger partial charge >= 0.3 is 5.91 Å². The summed E-state index contributed by atoms with van der Waals surface area (Å²) < 4.78 is 0. The predicted molar refractivity (Wildman–Crippen MR) is 114 cm³/mol. The number of aliphatic hydroxyl groups is 1. The van der Waals surface area contributed by atoms with E-state index in [4.69, 9.17) is 11.6 Å². The number of thiazole rings is 1. The molecule has 1 fully saturated rings. The third-order valence-electron chi connectivity index (χ3n) is 4.90. The number of carbonyl (C=O) groups is 2. The van der Waals surface area contributed by atoms with Crippen LogP contribution < -0.4 is 4.90 Å². The summed E-state index contributed by atoms with van der Waals surface area (Å²) in [6.45, 7) is 3.75. The van der Waals surface area contributed by atoms with Gasteiger partial charge in [-0.1, -0.05) is 41.4 Å². The smallest absolute Gasteiger partial charge is 0.301 e. The second-order valence-electron chi connectivity index (χ2n) is 6.85. The molecule has 0 bridgehead atoms. The third-order valence-corrected chi connectivity index (χ3v) is 5.93. The molecule has 7 heteroatoms. The lowest BCUT2D eigenvalue weighted by molar-refractivity contribution is -0.132. The largest absolute Gasteiger partial charge is 0.507 e. The molecule has 1 saturated heterocycles. The molecular weight excluding hydrogens is 408 g/mol. The van der Waals surface area contributed by atoms with Crippen molar-refractivity contribution in [2.45, 2.75) is 19.9 Å². The molecular formula is C22H17ClN2O3S. The number of aliphatic hydroxyl groups excluding tert-OH is 1. The molecule has 0 spiro atoms. The Balaban J connectivity index is 1.97. The van der Waals surface area contributed by atoms with Crippen molar-refractivity contribution in [2.75, 3.05) is 4.90 Å². The van der Waals surface area contributed by atoms with Crippen LogP contribution in [-0.2, 0) is 9.59 Å². The Morgan fingerprint density at radius 3 is 2.52 bits per heavy atom. The highest BCUT2D eigenvalue weighted by molar-refractivity contribution is 7.14. The van der Waals surface area contributed by atoms with E-state index in [0.29, 0.717) is 21.3 Å². The van der Waals surface area contributed by atoms with Gasteiger partial charge in [-0.3, -0.25) is 14.5 Å². The van der Waals surface area contributed by atoms with Gasteiger partial charge in [-0.2, -0.15) is 0 Å². The van der Waals surface area contributed by atoms with Gasteiger partial charge in [-0.15, -0.1) is 11.3 Å². The van der Waals surface area contributed by atoms with Crippen molar-refractivity contribution in [2.24, 2.45) is 0 Å². The van der Waals surface area contributed by atoms with E-state index in [2.05, 4.69) is 4.98 Å². The lowest BCUT2D eigenvalue weighted by Gasteiger charge is -2.23. The summed E-state index contributed by atoms with van der Waals surface area (Å²) in [7, 11) is 0. The van der Waals surface area contributed by atoms with E-state index in [1.807, 2.05) is 26.0 Å². The lowest BCUT2D eigenvalue weighted by atomic mass is 9.93. The zero-order chi connectivity index (χ0) is 20.7. The number of nitrogens with zero attached hydrogens (tertiary/aromatic N) is 2. The summed E-state index contributed by atoms with van der Waals surface area (Å²) in [5.41, 5.74) is 2.98. The van der Waals surface area contributed by atoms with Crippen LogP contribution in [0.3, 0.4) is 0 Å². The minimum Gasteiger partial charge on any atom is -0.507 e. The van der Waals surface area contributed by atoms with E-state index in [0.717, 1.165) is 11.1 Å². The number of anilines is 1. The summed E-state index contributed by atoms with van der Waals surface area (Å²) in [6.07, 6.45) is 1.57. The van der Waals surface area contributed by atoms with Gasteiger partial charge in [0, 0.05) is 22.2 Å².